The Bertz CT molecular complexity index is 136. The van der Waals surface area contributed by atoms with Crippen LogP contribution in [-0.4, -0.2) is 25.7 Å². The van der Waals surface area contributed by atoms with Crippen LogP contribution in [0.1, 0.15) is 12.8 Å². The summed E-state index contributed by atoms with van der Waals surface area (Å²) in [5.74, 6) is -0.123. The van der Waals surface area contributed by atoms with Gasteiger partial charge < -0.3 is 9.64 Å². The van der Waals surface area contributed by atoms with E-state index in [4.69, 9.17) is 0 Å². The monoisotopic (exact) mass is 143 g/mol. The quantitative estimate of drug-likeness (QED) is 0.377. The van der Waals surface area contributed by atoms with Gasteiger partial charge in [0.1, 0.15) is 0 Å². The molecule has 1 aliphatic heterocycles. The van der Waals surface area contributed by atoms with Gasteiger partial charge in [-0.1, -0.05) is 0 Å². The second kappa shape index (κ2) is 3.01. The van der Waals surface area contributed by atoms with Crippen LogP contribution < -0.4 is 4.90 Å². The van der Waals surface area contributed by atoms with E-state index in [1.807, 2.05) is 0 Å². The first-order valence-corrected chi connectivity index (χ1v) is 3.51. The van der Waals surface area contributed by atoms with Crippen LogP contribution in [0.4, 0.5) is 0 Å². The molecule has 3 nitrogen and oxygen atoms in total. The highest BCUT2D eigenvalue weighted by atomic mass is 16.5. The molecule has 0 amide bonds. The first-order valence-electron chi connectivity index (χ1n) is 3.51. The number of carbonyl (C=O) groups is 1. The van der Waals surface area contributed by atoms with E-state index in [0.717, 1.165) is 24.3 Å². The fourth-order valence-corrected chi connectivity index (χ4v) is 1.34. The fraction of sp³-hybridized carbons (Fsp3) is 0.714. The predicted octanol–water partition coefficient (Wildman–Crippen LogP) is -1.00. The van der Waals surface area contributed by atoms with Gasteiger partial charge in [0.2, 0.25) is 0 Å². The minimum absolute atomic E-state index is 0.00926. The number of nitrogens with one attached hydrogen (secondary N) is 1. The molecule has 0 bridgehead atoms. The van der Waals surface area contributed by atoms with Gasteiger partial charge in [-0.2, -0.15) is 0 Å². The first kappa shape index (κ1) is 7.54. The summed E-state index contributed by atoms with van der Waals surface area (Å²) in [6.45, 7) is 0.986. The van der Waals surface area contributed by atoms with Crippen molar-refractivity contribution in [2.75, 3.05) is 13.7 Å². The number of hydrogen-bond acceptors (Lipinski definition) is 2. The summed E-state index contributed by atoms with van der Waals surface area (Å²) >= 11 is 0. The van der Waals surface area contributed by atoms with Gasteiger partial charge in [-0.25, -0.2) is 4.79 Å². The van der Waals surface area contributed by atoms with Crippen LogP contribution >= 0.6 is 0 Å². The van der Waals surface area contributed by atoms with E-state index in [9.17, 15) is 4.79 Å². The number of esters is 1. The molecule has 10 heavy (non-hydrogen) atoms. The van der Waals surface area contributed by atoms with Crippen LogP contribution in [0.2, 0.25) is 0 Å². The van der Waals surface area contributed by atoms with E-state index in [-0.39, 0.29) is 12.0 Å². The lowest BCUT2D eigenvalue weighted by atomic mass is 10.2. The minimum Gasteiger partial charge on any atom is -0.465 e. The molecule has 1 heterocycles. The van der Waals surface area contributed by atoms with Crippen molar-refractivity contribution in [2.45, 2.75) is 18.9 Å². The number of methoxy groups -OCH3 is 1. The maximum absolute atomic E-state index is 10.9. The van der Waals surface area contributed by atoms with Gasteiger partial charge in [0.15, 0.2) is 6.04 Å². The van der Waals surface area contributed by atoms with Gasteiger partial charge in [0.05, 0.1) is 13.7 Å². The van der Waals surface area contributed by atoms with Crippen molar-refractivity contribution in [1.29, 1.82) is 0 Å². The molecular weight excluding hydrogens is 130 g/mol. The van der Waals surface area contributed by atoms with Gasteiger partial charge in [0, 0.05) is 12.8 Å². The summed E-state index contributed by atoms with van der Waals surface area (Å²) in [4.78, 5) is 12.0. The summed E-state index contributed by atoms with van der Waals surface area (Å²) in [5, 5.41) is 0. The second-order valence-electron chi connectivity index (χ2n) is 2.63. The Morgan fingerprint density at radius 2 is 2.50 bits per heavy atom. The molecule has 1 rings (SSSR count). The van der Waals surface area contributed by atoms with Gasteiger partial charge in [0.25, 0.3) is 0 Å². The van der Waals surface area contributed by atoms with Crippen molar-refractivity contribution in [3.05, 3.63) is 7.05 Å². The highest BCUT2D eigenvalue weighted by molar-refractivity contribution is 5.74. The molecule has 1 fully saturated rings. The van der Waals surface area contributed by atoms with Crippen molar-refractivity contribution in [3.8, 4) is 0 Å². The fourth-order valence-electron chi connectivity index (χ4n) is 1.34. The first-order chi connectivity index (χ1) is 4.75. The lowest BCUT2D eigenvalue weighted by Gasteiger charge is -2.19. The maximum atomic E-state index is 10.9. The summed E-state index contributed by atoms with van der Waals surface area (Å²) in [5.41, 5.74) is 0. The van der Waals surface area contributed by atoms with E-state index < -0.39 is 0 Å². The Hall–Kier alpha value is -0.570. The van der Waals surface area contributed by atoms with Gasteiger partial charge >= 0.3 is 5.97 Å². The average Bonchev–Trinajstić information content (AvgIpc) is 2.34. The number of quaternary nitrogens is 1. The van der Waals surface area contributed by atoms with Crippen LogP contribution in [0, 0.1) is 7.05 Å². The summed E-state index contributed by atoms with van der Waals surface area (Å²) in [6.07, 6.45) is 2.00. The normalized spacial score (nSPS) is 32.2. The molecular formula is C7H13NO2. The third kappa shape index (κ3) is 1.29. The molecule has 0 aromatic carbocycles. The van der Waals surface area contributed by atoms with Gasteiger partial charge in [-0.3, -0.25) is 0 Å². The Morgan fingerprint density at radius 1 is 1.80 bits per heavy atom. The zero-order valence-corrected chi connectivity index (χ0v) is 6.22. The molecule has 0 aromatic rings. The zero-order chi connectivity index (χ0) is 7.56. The van der Waals surface area contributed by atoms with Crippen LogP contribution in [0.3, 0.4) is 0 Å². The van der Waals surface area contributed by atoms with Crippen LogP contribution in [0.15, 0.2) is 0 Å². The zero-order valence-electron chi connectivity index (χ0n) is 6.22. The molecule has 2 atom stereocenters. The predicted molar refractivity (Wildman–Crippen MR) is 36.2 cm³/mol. The third-order valence-electron chi connectivity index (χ3n) is 1.97. The van der Waals surface area contributed by atoms with Crippen LogP contribution in [0.5, 0.6) is 0 Å². The Labute approximate surface area is 61.0 Å². The van der Waals surface area contributed by atoms with Crippen molar-refractivity contribution in [3.63, 3.8) is 0 Å². The van der Waals surface area contributed by atoms with Crippen LogP contribution in [-0.2, 0) is 9.53 Å². The molecule has 0 aromatic heterocycles. The molecule has 3 heteroatoms. The molecule has 1 aliphatic rings. The van der Waals surface area contributed by atoms with Gasteiger partial charge in [-0.15, -0.1) is 7.05 Å². The number of hydrogen-bond donors (Lipinski definition) is 1. The molecule has 0 saturated carbocycles. The maximum Gasteiger partial charge on any atom is 0.362 e. The lowest BCUT2D eigenvalue weighted by Crippen LogP contribution is -3.09. The number of carbonyl (C=O) groups excluding carboxylic acids is 1. The molecule has 0 radical (unpaired) electrons. The highest BCUT2D eigenvalue weighted by Gasteiger charge is 2.28. The van der Waals surface area contributed by atoms with Crippen molar-refractivity contribution in [1.82, 2.24) is 0 Å². The number of ether oxygens (including phenoxy) is 1. The van der Waals surface area contributed by atoms with E-state index in [1.54, 1.807) is 0 Å². The molecule has 0 spiro atoms. The van der Waals surface area contributed by atoms with Crippen LogP contribution in [0.25, 0.3) is 0 Å². The molecule has 2 unspecified atom stereocenters. The minimum atomic E-state index is -0.123. The topological polar surface area (TPSA) is 30.7 Å². The third-order valence-corrected chi connectivity index (χ3v) is 1.97. The largest absolute Gasteiger partial charge is 0.465 e. The van der Waals surface area contributed by atoms with E-state index in [2.05, 4.69) is 11.8 Å². The standard InChI is InChI=1S/C7H13NO2/c1-8-5-3-4-6(8)7(9)10-2/h6,8H,1,3-5H2,2H3. The van der Waals surface area contributed by atoms with E-state index in [1.165, 1.54) is 7.11 Å². The Kier molecular flexibility index (Phi) is 2.27. The molecule has 1 saturated heterocycles. The van der Waals surface area contributed by atoms with Crippen molar-refractivity contribution >= 4 is 5.97 Å². The Balaban J connectivity index is 2.46. The highest BCUT2D eigenvalue weighted by Crippen LogP contribution is 2.00. The average molecular weight is 143 g/mol. The summed E-state index contributed by atoms with van der Waals surface area (Å²) < 4.78 is 4.60. The smallest absolute Gasteiger partial charge is 0.362 e. The number of rotatable bonds is 1. The summed E-state index contributed by atoms with van der Waals surface area (Å²) in [6, 6.07) is -0.00926. The van der Waals surface area contributed by atoms with Crippen molar-refractivity contribution in [2.24, 2.45) is 0 Å². The SMILES string of the molecule is [CH2-][NH+]1CCCC1C(=O)OC. The van der Waals surface area contributed by atoms with Gasteiger partial charge in [-0.05, 0) is 0 Å². The molecule has 58 valence electrons. The lowest BCUT2D eigenvalue weighted by molar-refractivity contribution is -0.857. The van der Waals surface area contributed by atoms with Crippen molar-refractivity contribution < 1.29 is 14.4 Å². The van der Waals surface area contributed by atoms with E-state index in [0.29, 0.717) is 0 Å². The number of likely N-dealkylation sites (tertiary alicyclic amines) is 1. The summed E-state index contributed by atoms with van der Waals surface area (Å²) in [7, 11) is 5.23. The molecule has 1 N–H and O–H groups in total. The van der Waals surface area contributed by atoms with E-state index >= 15 is 0 Å². The Morgan fingerprint density at radius 3 is 2.90 bits per heavy atom. The molecule has 0 aliphatic carbocycles. The second-order valence-corrected chi connectivity index (χ2v) is 2.63.